The van der Waals surface area contributed by atoms with Crippen LogP contribution < -0.4 is 16.0 Å². The number of nitrogens with zero attached hydrogens (tertiary/aromatic N) is 1. The van der Waals surface area contributed by atoms with Crippen LogP contribution in [0, 0.1) is 5.92 Å². The van der Waals surface area contributed by atoms with Crippen molar-refractivity contribution in [2.45, 2.75) is 31.7 Å². The standard InChI is InChI=1S/C25H26ClN3O3/c26-20-10-5-11-21-22(20)23(30)19(12-13-27)25(32)29(21)18-9-4-6-16(14-18)15-28-24(31)17-7-2-1-3-8-17/h1-3,5,7-8,10-12,16,18H,4,6,9,13-15,27H2,(H,28,31)/t16-,18+/m1/s1. The number of hydrogen-bond donors (Lipinski definition) is 2. The number of carbonyl (C=O) groups is 3. The van der Waals surface area contributed by atoms with E-state index in [4.69, 9.17) is 17.3 Å². The molecule has 0 saturated heterocycles. The van der Waals surface area contributed by atoms with Crippen LogP contribution in [0.4, 0.5) is 5.69 Å². The lowest BCUT2D eigenvalue weighted by atomic mass is 9.82. The first-order valence-corrected chi connectivity index (χ1v) is 11.3. The third kappa shape index (κ3) is 4.33. The zero-order valence-corrected chi connectivity index (χ0v) is 18.5. The van der Waals surface area contributed by atoms with Gasteiger partial charge in [-0.05, 0) is 49.4 Å². The molecule has 6 nitrogen and oxygen atoms in total. The van der Waals surface area contributed by atoms with Gasteiger partial charge in [0.05, 0.1) is 21.8 Å². The third-order valence-electron chi connectivity index (χ3n) is 6.20. The lowest BCUT2D eigenvalue weighted by Gasteiger charge is -2.40. The minimum absolute atomic E-state index is 0.0765. The van der Waals surface area contributed by atoms with Crippen LogP contribution >= 0.6 is 11.6 Å². The molecule has 1 aliphatic carbocycles. The monoisotopic (exact) mass is 451 g/mol. The molecule has 2 aliphatic rings. The lowest BCUT2D eigenvalue weighted by molar-refractivity contribution is -0.115. The van der Waals surface area contributed by atoms with Crippen LogP contribution in [-0.4, -0.2) is 36.7 Å². The Balaban J connectivity index is 1.54. The molecule has 0 bridgehead atoms. The van der Waals surface area contributed by atoms with Gasteiger partial charge in [0.25, 0.3) is 11.8 Å². The van der Waals surface area contributed by atoms with Gasteiger partial charge in [0.1, 0.15) is 0 Å². The molecule has 1 aliphatic heterocycles. The summed E-state index contributed by atoms with van der Waals surface area (Å²) in [7, 11) is 0. The molecule has 0 unspecified atom stereocenters. The summed E-state index contributed by atoms with van der Waals surface area (Å²) in [6, 6.07) is 14.2. The fourth-order valence-electron chi connectivity index (χ4n) is 4.68. The molecule has 0 spiro atoms. The molecular weight excluding hydrogens is 426 g/mol. The second-order valence-corrected chi connectivity index (χ2v) is 8.66. The maximum absolute atomic E-state index is 13.3. The number of Topliss-reactive ketones (excluding diaryl/α,β-unsaturated/α-hetero) is 1. The fourth-order valence-corrected chi connectivity index (χ4v) is 4.94. The van der Waals surface area contributed by atoms with Crippen LogP contribution in [0.2, 0.25) is 5.02 Å². The zero-order valence-electron chi connectivity index (χ0n) is 17.7. The van der Waals surface area contributed by atoms with Gasteiger partial charge in [-0.2, -0.15) is 0 Å². The van der Waals surface area contributed by atoms with Gasteiger partial charge < -0.3 is 16.0 Å². The molecule has 2 amide bonds. The van der Waals surface area contributed by atoms with Gasteiger partial charge in [0.15, 0.2) is 0 Å². The first-order chi connectivity index (χ1) is 15.5. The number of anilines is 1. The summed E-state index contributed by atoms with van der Waals surface area (Å²) in [6.45, 7) is 0.637. The van der Waals surface area contributed by atoms with Crippen molar-refractivity contribution in [3.8, 4) is 0 Å². The van der Waals surface area contributed by atoms with Gasteiger partial charge in [-0.3, -0.25) is 14.4 Å². The van der Waals surface area contributed by atoms with E-state index in [-0.39, 0.29) is 41.7 Å². The Bertz CT molecular complexity index is 1070. The predicted octanol–water partition coefficient (Wildman–Crippen LogP) is 3.74. The molecule has 1 heterocycles. The van der Waals surface area contributed by atoms with Gasteiger partial charge in [-0.1, -0.05) is 48.4 Å². The van der Waals surface area contributed by atoms with E-state index in [1.165, 1.54) is 6.08 Å². The van der Waals surface area contributed by atoms with Crippen molar-refractivity contribution in [2.24, 2.45) is 11.7 Å². The zero-order chi connectivity index (χ0) is 22.7. The maximum Gasteiger partial charge on any atom is 0.262 e. The Labute approximate surface area is 192 Å². The summed E-state index contributed by atoms with van der Waals surface area (Å²) in [5, 5.41) is 3.35. The molecule has 0 aromatic heterocycles. The Hall–Kier alpha value is -2.96. The topological polar surface area (TPSA) is 92.5 Å². The maximum atomic E-state index is 13.3. The second kappa shape index (κ2) is 9.67. The quantitative estimate of drug-likeness (QED) is 0.535. The Morgan fingerprint density at radius 3 is 2.66 bits per heavy atom. The van der Waals surface area contributed by atoms with Crippen LogP contribution in [0.1, 0.15) is 46.4 Å². The van der Waals surface area contributed by atoms with Crippen LogP contribution in [0.5, 0.6) is 0 Å². The molecular formula is C25H26ClN3O3. The highest BCUT2D eigenvalue weighted by Crippen LogP contribution is 2.39. The highest BCUT2D eigenvalue weighted by molar-refractivity contribution is 6.41. The van der Waals surface area contributed by atoms with E-state index in [9.17, 15) is 14.4 Å². The number of nitrogens with one attached hydrogen (secondary N) is 1. The van der Waals surface area contributed by atoms with Crippen LogP contribution in [0.25, 0.3) is 0 Å². The Morgan fingerprint density at radius 2 is 1.91 bits per heavy atom. The largest absolute Gasteiger partial charge is 0.352 e. The molecule has 2 aromatic carbocycles. The van der Waals surface area contributed by atoms with E-state index in [1.807, 2.05) is 18.2 Å². The highest BCUT2D eigenvalue weighted by Gasteiger charge is 2.40. The number of hydrogen-bond acceptors (Lipinski definition) is 4. The van der Waals surface area contributed by atoms with Gasteiger partial charge in [-0.15, -0.1) is 0 Å². The summed E-state index contributed by atoms with van der Waals surface area (Å²) in [5.41, 5.74) is 7.25. The number of carbonyl (C=O) groups excluding carboxylic acids is 3. The van der Waals surface area contributed by atoms with Crippen molar-refractivity contribution in [3.05, 3.63) is 76.3 Å². The minimum atomic E-state index is -0.375. The first kappa shape index (κ1) is 22.2. The lowest BCUT2D eigenvalue weighted by Crippen LogP contribution is -2.49. The van der Waals surface area contributed by atoms with Crippen molar-refractivity contribution in [2.75, 3.05) is 18.0 Å². The number of rotatable bonds is 5. The van der Waals surface area contributed by atoms with E-state index >= 15 is 0 Å². The van der Waals surface area contributed by atoms with E-state index in [0.29, 0.717) is 28.4 Å². The average Bonchev–Trinajstić information content (AvgIpc) is 2.81. The van der Waals surface area contributed by atoms with E-state index < -0.39 is 0 Å². The Kier molecular flexibility index (Phi) is 6.72. The van der Waals surface area contributed by atoms with Crippen LogP contribution in [0.3, 0.4) is 0 Å². The van der Waals surface area contributed by atoms with Gasteiger partial charge in [-0.25, -0.2) is 0 Å². The normalized spacial score (nSPS) is 22.1. The number of ketones is 1. The molecule has 7 heteroatoms. The molecule has 166 valence electrons. The molecule has 1 saturated carbocycles. The summed E-state index contributed by atoms with van der Waals surface area (Å²) in [6.07, 6.45) is 4.94. The van der Waals surface area contributed by atoms with Crippen molar-refractivity contribution in [3.63, 3.8) is 0 Å². The van der Waals surface area contributed by atoms with E-state index in [1.54, 1.807) is 35.2 Å². The molecule has 2 aromatic rings. The smallest absolute Gasteiger partial charge is 0.262 e. The Morgan fingerprint density at radius 1 is 1.12 bits per heavy atom. The van der Waals surface area contributed by atoms with Crippen molar-refractivity contribution in [1.82, 2.24) is 5.32 Å². The average molecular weight is 452 g/mol. The van der Waals surface area contributed by atoms with Crippen molar-refractivity contribution >= 4 is 34.9 Å². The molecule has 4 rings (SSSR count). The molecule has 0 radical (unpaired) electrons. The third-order valence-corrected chi connectivity index (χ3v) is 6.52. The molecule has 1 fully saturated rings. The number of halogens is 1. The van der Waals surface area contributed by atoms with Gasteiger partial charge >= 0.3 is 0 Å². The SMILES string of the molecule is NCC=C1C(=O)c2c(Cl)cccc2N([C@H]2CCC[C@@H](CNC(=O)c3ccccc3)C2)C1=O. The summed E-state index contributed by atoms with van der Waals surface area (Å²) in [4.78, 5) is 40.4. The second-order valence-electron chi connectivity index (χ2n) is 8.25. The number of nitrogens with two attached hydrogens (primary N) is 1. The van der Waals surface area contributed by atoms with Gasteiger partial charge in [0.2, 0.25) is 5.78 Å². The predicted molar refractivity (Wildman–Crippen MR) is 125 cm³/mol. The van der Waals surface area contributed by atoms with Crippen LogP contribution in [-0.2, 0) is 4.79 Å². The van der Waals surface area contributed by atoms with E-state index in [0.717, 1.165) is 25.7 Å². The van der Waals surface area contributed by atoms with Gasteiger partial charge in [0, 0.05) is 24.7 Å². The minimum Gasteiger partial charge on any atom is -0.352 e. The summed E-state index contributed by atoms with van der Waals surface area (Å²) in [5.74, 6) is -0.567. The van der Waals surface area contributed by atoms with Crippen LogP contribution in [0.15, 0.2) is 60.2 Å². The number of benzene rings is 2. The highest BCUT2D eigenvalue weighted by atomic mass is 35.5. The molecule has 2 atom stereocenters. The first-order valence-electron chi connectivity index (χ1n) is 10.9. The molecule has 3 N–H and O–H groups in total. The fraction of sp³-hybridized carbons (Fsp3) is 0.320. The summed E-state index contributed by atoms with van der Waals surface area (Å²) >= 11 is 6.36. The van der Waals surface area contributed by atoms with Crippen molar-refractivity contribution in [1.29, 1.82) is 0 Å². The summed E-state index contributed by atoms with van der Waals surface area (Å²) < 4.78 is 0. The van der Waals surface area contributed by atoms with E-state index in [2.05, 4.69) is 5.32 Å². The number of amides is 2. The van der Waals surface area contributed by atoms with Crippen molar-refractivity contribution < 1.29 is 14.4 Å². The molecule has 32 heavy (non-hydrogen) atoms. The number of fused-ring (bicyclic) bond motifs is 1.